The SMILES string of the molecule is Cc1cc(F)ccc1NC(=O)CCCCCl. The molecule has 0 aliphatic carbocycles. The summed E-state index contributed by atoms with van der Waals surface area (Å²) < 4.78 is 12.8. The second kappa shape index (κ2) is 6.48. The van der Waals surface area contributed by atoms with Crippen LogP contribution in [0.1, 0.15) is 24.8 Å². The van der Waals surface area contributed by atoms with Gasteiger partial charge in [-0.3, -0.25) is 4.79 Å². The van der Waals surface area contributed by atoms with Crippen LogP contribution < -0.4 is 5.32 Å². The number of alkyl halides is 1. The van der Waals surface area contributed by atoms with E-state index < -0.39 is 0 Å². The molecule has 4 heteroatoms. The van der Waals surface area contributed by atoms with Gasteiger partial charge in [-0.15, -0.1) is 11.6 Å². The highest BCUT2D eigenvalue weighted by atomic mass is 35.5. The van der Waals surface area contributed by atoms with Crippen molar-refractivity contribution in [1.29, 1.82) is 0 Å². The van der Waals surface area contributed by atoms with E-state index in [9.17, 15) is 9.18 Å². The average molecular weight is 244 g/mol. The van der Waals surface area contributed by atoms with Gasteiger partial charge in [0.05, 0.1) is 0 Å². The summed E-state index contributed by atoms with van der Waals surface area (Å²) in [5, 5.41) is 2.75. The number of carbonyl (C=O) groups excluding carboxylic acids is 1. The zero-order valence-corrected chi connectivity index (χ0v) is 9.98. The van der Waals surface area contributed by atoms with E-state index in [0.29, 0.717) is 18.0 Å². The lowest BCUT2D eigenvalue weighted by Gasteiger charge is -2.07. The van der Waals surface area contributed by atoms with Gasteiger partial charge in [-0.05, 0) is 43.5 Å². The van der Waals surface area contributed by atoms with E-state index in [1.807, 2.05) is 0 Å². The van der Waals surface area contributed by atoms with Gasteiger partial charge < -0.3 is 5.32 Å². The molecule has 0 aliphatic rings. The molecule has 1 aromatic rings. The molecule has 0 atom stereocenters. The van der Waals surface area contributed by atoms with Crippen LogP contribution in [-0.4, -0.2) is 11.8 Å². The molecule has 0 bridgehead atoms. The Labute approximate surface area is 99.8 Å². The standard InChI is InChI=1S/C12H15ClFNO/c1-9-8-10(14)5-6-11(9)15-12(16)4-2-3-7-13/h5-6,8H,2-4,7H2,1H3,(H,15,16). The summed E-state index contributed by atoms with van der Waals surface area (Å²) in [6.07, 6.45) is 2.05. The van der Waals surface area contributed by atoms with E-state index in [1.54, 1.807) is 13.0 Å². The minimum atomic E-state index is -0.294. The maximum Gasteiger partial charge on any atom is 0.224 e. The Morgan fingerprint density at radius 1 is 1.44 bits per heavy atom. The number of halogens is 2. The number of benzene rings is 1. The first-order chi connectivity index (χ1) is 7.63. The van der Waals surface area contributed by atoms with Gasteiger partial charge >= 0.3 is 0 Å². The van der Waals surface area contributed by atoms with Crippen LogP contribution in [0.5, 0.6) is 0 Å². The van der Waals surface area contributed by atoms with Crippen molar-refractivity contribution in [1.82, 2.24) is 0 Å². The predicted octanol–water partition coefficient (Wildman–Crippen LogP) is 3.48. The van der Waals surface area contributed by atoms with Gasteiger partial charge in [-0.25, -0.2) is 4.39 Å². The Hall–Kier alpha value is -1.09. The number of nitrogens with one attached hydrogen (secondary N) is 1. The van der Waals surface area contributed by atoms with E-state index in [1.165, 1.54) is 12.1 Å². The van der Waals surface area contributed by atoms with Crippen molar-refractivity contribution in [2.24, 2.45) is 0 Å². The normalized spacial score (nSPS) is 10.2. The van der Waals surface area contributed by atoms with E-state index in [4.69, 9.17) is 11.6 Å². The maximum absolute atomic E-state index is 12.8. The van der Waals surface area contributed by atoms with Crippen LogP contribution in [0.15, 0.2) is 18.2 Å². The van der Waals surface area contributed by atoms with Gasteiger partial charge in [-0.2, -0.15) is 0 Å². The van der Waals surface area contributed by atoms with Crippen LogP contribution in [0.25, 0.3) is 0 Å². The van der Waals surface area contributed by atoms with Crippen molar-refractivity contribution in [2.45, 2.75) is 26.2 Å². The Morgan fingerprint density at radius 3 is 2.81 bits per heavy atom. The Balaban J connectivity index is 2.49. The van der Waals surface area contributed by atoms with Gasteiger partial charge in [0.1, 0.15) is 5.82 Å². The lowest BCUT2D eigenvalue weighted by Crippen LogP contribution is -2.12. The van der Waals surface area contributed by atoms with Crippen molar-refractivity contribution in [2.75, 3.05) is 11.2 Å². The molecule has 0 radical (unpaired) electrons. The molecule has 1 N–H and O–H groups in total. The first-order valence-electron chi connectivity index (χ1n) is 5.25. The molecule has 0 unspecified atom stereocenters. The fourth-order valence-corrected chi connectivity index (χ4v) is 1.55. The highest BCUT2D eigenvalue weighted by Crippen LogP contribution is 2.16. The Bertz CT molecular complexity index is 368. The quantitative estimate of drug-likeness (QED) is 0.623. The highest BCUT2D eigenvalue weighted by molar-refractivity contribution is 6.17. The van der Waals surface area contributed by atoms with Crippen molar-refractivity contribution in [3.63, 3.8) is 0 Å². The molecule has 1 amide bonds. The van der Waals surface area contributed by atoms with E-state index in [-0.39, 0.29) is 11.7 Å². The van der Waals surface area contributed by atoms with Crippen LogP contribution in [0, 0.1) is 12.7 Å². The molecule has 1 rings (SSSR count). The topological polar surface area (TPSA) is 29.1 Å². The summed E-state index contributed by atoms with van der Waals surface area (Å²) in [7, 11) is 0. The van der Waals surface area contributed by atoms with Crippen molar-refractivity contribution in [3.8, 4) is 0 Å². The van der Waals surface area contributed by atoms with Crippen LogP contribution >= 0.6 is 11.6 Å². The third kappa shape index (κ3) is 4.19. The monoisotopic (exact) mass is 243 g/mol. The highest BCUT2D eigenvalue weighted by Gasteiger charge is 2.04. The number of unbranched alkanes of at least 4 members (excludes halogenated alkanes) is 1. The molecule has 88 valence electrons. The van der Waals surface area contributed by atoms with Crippen molar-refractivity contribution in [3.05, 3.63) is 29.6 Å². The van der Waals surface area contributed by atoms with Crippen molar-refractivity contribution < 1.29 is 9.18 Å². The molecular weight excluding hydrogens is 229 g/mol. The third-order valence-corrected chi connectivity index (χ3v) is 2.52. The number of hydrogen-bond acceptors (Lipinski definition) is 1. The lowest BCUT2D eigenvalue weighted by atomic mass is 10.2. The molecule has 1 aromatic carbocycles. The fourth-order valence-electron chi connectivity index (χ4n) is 1.36. The Morgan fingerprint density at radius 2 is 2.19 bits per heavy atom. The first kappa shape index (κ1) is 13.0. The van der Waals surface area contributed by atoms with E-state index >= 15 is 0 Å². The fraction of sp³-hybridized carbons (Fsp3) is 0.417. The summed E-state index contributed by atoms with van der Waals surface area (Å²) in [6, 6.07) is 4.31. The van der Waals surface area contributed by atoms with Gasteiger partial charge in [0.2, 0.25) is 5.91 Å². The molecule has 16 heavy (non-hydrogen) atoms. The van der Waals surface area contributed by atoms with Gasteiger partial charge in [-0.1, -0.05) is 0 Å². The number of aryl methyl sites for hydroxylation is 1. The lowest BCUT2D eigenvalue weighted by molar-refractivity contribution is -0.116. The minimum absolute atomic E-state index is 0.0557. The smallest absolute Gasteiger partial charge is 0.224 e. The predicted molar refractivity (Wildman–Crippen MR) is 64.3 cm³/mol. The van der Waals surface area contributed by atoms with Gasteiger partial charge in [0.15, 0.2) is 0 Å². The summed E-state index contributed by atoms with van der Waals surface area (Å²) in [5.41, 5.74) is 1.39. The van der Waals surface area contributed by atoms with E-state index in [0.717, 1.165) is 18.4 Å². The van der Waals surface area contributed by atoms with Crippen LogP contribution in [0.4, 0.5) is 10.1 Å². The second-order valence-electron chi connectivity index (χ2n) is 3.65. The van der Waals surface area contributed by atoms with E-state index in [2.05, 4.69) is 5.32 Å². The number of amides is 1. The first-order valence-corrected chi connectivity index (χ1v) is 5.79. The number of carbonyl (C=O) groups is 1. The Kier molecular flexibility index (Phi) is 5.26. The molecule has 0 spiro atoms. The molecule has 0 saturated heterocycles. The molecule has 0 fully saturated rings. The molecule has 0 heterocycles. The summed E-state index contributed by atoms with van der Waals surface area (Å²) in [4.78, 5) is 11.5. The maximum atomic E-state index is 12.8. The summed E-state index contributed by atoms with van der Waals surface area (Å²) in [6.45, 7) is 1.76. The minimum Gasteiger partial charge on any atom is -0.326 e. The molecule has 0 saturated carbocycles. The zero-order valence-electron chi connectivity index (χ0n) is 9.22. The van der Waals surface area contributed by atoms with Crippen LogP contribution in [-0.2, 0) is 4.79 Å². The van der Waals surface area contributed by atoms with Crippen LogP contribution in [0.2, 0.25) is 0 Å². The number of rotatable bonds is 5. The zero-order chi connectivity index (χ0) is 12.0. The average Bonchev–Trinajstić information content (AvgIpc) is 2.23. The number of hydrogen-bond donors (Lipinski definition) is 1. The van der Waals surface area contributed by atoms with Gasteiger partial charge in [0, 0.05) is 18.0 Å². The molecular formula is C12H15ClFNO. The molecule has 2 nitrogen and oxygen atoms in total. The van der Waals surface area contributed by atoms with Gasteiger partial charge in [0.25, 0.3) is 0 Å². The third-order valence-electron chi connectivity index (χ3n) is 2.25. The second-order valence-corrected chi connectivity index (χ2v) is 4.03. The van der Waals surface area contributed by atoms with Crippen molar-refractivity contribution >= 4 is 23.2 Å². The molecule has 0 aromatic heterocycles. The van der Waals surface area contributed by atoms with Crippen LogP contribution in [0.3, 0.4) is 0 Å². The largest absolute Gasteiger partial charge is 0.326 e. The molecule has 0 aliphatic heterocycles. The number of anilines is 1. The summed E-state index contributed by atoms with van der Waals surface area (Å²) >= 11 is 5.51. The summed E-state index contributed by atoms with van der Waals surface area (Å²) in [5.74, 6) is 0.223.